The first-order valence-electron chi connectivity index (χ1n) is 15.3. The van der Waals surface area contributed by atoms with E-state index in [2.05, 4.69) is 97.1 Å². The molecule has 220 valence electrons. The number of aryl methyl sites for hydroxylation is 4. The maximum absolute atomic E-state index is 16.2. The zero-order chi connectivity index (χ0) is 29.1. The molecule has 7 heteroatoms. The fourth-order valence-corrected chi connectivity index (χ4v) is 19.0. The Balaban J connectivity index is 1.30. The second-order valence-electron chi connectivity index (χ2n) is 12.1. The van der Waals surface area contributed by atoms with Gasteiger partial charge in [0.2, 0.25) is 0 Å². The summed E-state index contributed by atoms with van der Waals surface area (Å²) in [7, 11) is -3.71. The van der Waals surface area contributed by atoms with Crippen molar-refractivity contribution in [2.75, 3.05) is 0 Å². The lowest BCUT2D eigenvalue weighted by molar-refractivity contribution is 0.491. The highest BCUT2D eigenvalue weighted by Crippen LogP contribution is 2.64. The minimum absolute atomic E-state index is 0.0127. The Morgan fingerprint density at radius 2 is 0.837 bits per heavy atom. The third-order valence-corrected chi connectivity index (χ3v) is 21.0. The summed E-state index contributed by atoms with van der Waals surface area (Å²) >= 11 is 7.03. The van der Waals surface area contributed by atoms with Crippen LogP contribution in [0.25, 0.3) is 0 Å². The first-order chi connectivity index (χ1) is 21.0. The largest absolute Gasteiger partial charge is 0.226 e. The van der Waals surface area contributed by atoms with Gasteiger partial charge in [-0.15, -0.1) is 47.0 Å². The molecule has 0 bridgehead atoms. The van der Waals surface area contributed by atoms with Gasteiger partial charge in [-0.3, -0.25) is 0 Å². The average molecular weight is 659 g/mol. The monoisotopic (exact) mass is 658 g/mol. The molecule has 0 radical (unpaired) electrons. The van der Waals surface area contributed by atoms with E-state index in [1.807, 2.05) is 23.5 Å². The van der Waals surface area contributed by atoms with Crippen LogP contribution < -0.4 is 0 Å². The maximum atomic E-state index is 16.2. The van der Waals surface area contributed by atoms with Gasteiger partial charge >= 0.3 is 0 Å². The Morgan fingerprint density at radius 1 is 0.488 bits per heavy atom. The molecule has 4 heterocycles. The van der Waals surface area contributed by atoms with Crippen molar-refractivity contribution in [3.8, 4) is 0 Å². The molecule has 0 saturated heterocycles. The summed E-state index contributed by atoms with van der Waals surface area (Å²) in [5.41, 5.74) is 5.28. The molecule has 4 unspecified atom stereocenters. The van der Waals surface area contributed by atoms with E-state index < -0.39 is 18.0 Å². The van der Waals surface area contributed by atoms with Gasteiger partial charge in [0.15, 0.2) is 9.84 Å². The van der Waals surface area contributed by atoms with Gasteiger partial charge in [-0.25, -0.2) is 8.42 Å². The number of rotatable bonds is 4. The molecule has 4 aliphatic heterocycles. The summed E-state index contributed by atoms with van der Waals surface area (Å²) in [6.07, 6.45) is 6.56. The Labute approximate surface area is 272 Å². The van der Waals surface area contributed by atoms with Crippen LogP contribution in [0.1, 0.15) is 47.9 Å². The van der Waals surface area contributed by atoms with Crippen molar-refractivity contribution in [3.63, 3.8) is 0 Å². The van der Waals surface area contributed by atoms with Gasteiger partial charge in [0.1, 0.15) is 8.16 Å². The molecule has 0 spiro atoms. The third kappa shape index (κ3) is 4.67. The number of hydrogen-bond acceptors (Lipinski definition) is 6. The molecule has 4 aromatic carbocycles. The number of benzene rings is 4. The van der Waals surface area contributed by atoms with Crippen LogP contribution in [0.3, 0.4) is 0 Å². The summed E-state index contributed by atoms with van der Waals surface area (Å²) in [6, 6.07) is 34.3. The molecule has 0 saturated carbocycles. The van der Waals surface area contributed by atoms with Crippen LogP contribution in [0, 0.1) is 0 Å². The van der Waals surface area contributed by atoms with Crippen molar-refractivity contribution in [2.45, 2.75) is 89.6 Å². The normalized spacial score (nSPS) is 28.2. The van der Waals surface area contributed by atoms with E-state index >= 15 is 8.42 Å². The van der Waals surface area contributed by atoms with Crippen LogP contribution >= 0.6 is 47.0 Å². The van der Waals surface area contributed by atoms with Crippen LogP contribution in [0.4, 0.5) is 0 Å². The molecule has 4 aromatic rings. The van der Waals surface area contributed by atoms with Crippen molar-refractivity contribution < 1.29 is 8.42 Å². The summed E-state index contributed by atoms with van der Waals surface area (Å²) in [4.78, 5) is 4.80. The van der Waals surface area contributed by atoms with Crippen LogP contribution in [0.2, 0.25) is 0 Å². The van der Waals surface area contributed by atoms with Gasteiger partial charge < -0.3 is 0 Å². The second-order valence-corrected chi connectivity index (χ2v) is 20.3. The minimum atomic E-state index is -3.71. The van der Waals surface area contributed by atoms with Crippen molar-refractivity contribution in [1.82, 2.24) is 0 Å². The first-order valence-corrected chi connectivity index (χ1v) is 20.1. The molecular weight excluding hydrogens is 625 g/mol. The van der Waals surface area contributed by atoms with Crippen LogP contribution in [-0.2, 0) is 35.5 Å². The molecule has 2 nitrogen and oxygen atoms in total. The predicted octanol–water partition coefficient (Wildman–Crippen LogP) is 9.48. The first kappa shape index (κ1) is 28.7. The number of fused-ring (bicyclic) bond motifs is 4. The Bertz CT molecular complexity index is 1680. The topological polar surface area (TPSA) is 34.1 Å². The van der Waals surface area contributed by atoms with E-state index in [0.29, 0.717) is 12.8 Å². The van der Waals surface area contributed by atoms with Gasteiger partial charge in [-0.05, 0) is 97.9 Å². The lowest BCUT2D eigenvalue weighted by Gasteiger charge is -2.52. The molecular formula is C36H34O2S5. The molecule has 8 rings (SSSR count). The molecule has 0 fully saturated rings. The molecule has 4 atom stereocenters. The van der Waals surface area contributed by atoms with Crippen molar-refractivity contribution in [2.24, 2.45) is 0 Å². The minimum Gasteiger partial charge on any atom is -0.226 e. The van der Waals surface area contributed by atoms with Gasteiger partial charge in [0.05, 0.1) is 0 Å². The molecule has 0 aromatic heterocycles. The van der Waals surface area contributed by atoms with Crippen molar-refractivity contribution in [1.29, 1.82) is 0 Å². The molecule has 4 aliphatic rings. The summed E-state index contributed by atoms with van der Waals surface area (Å²) < 4.78 is 30.5. The highest BCUT2D eigenvalue weighted by atomic mass is 32.3. The average Bonchev–Trinajstić information content (AvgIpc) is 3.07. The second kappa shape index (κ2) is 11.2. The van der Waals surface area contributed by atoms with Crippen LogP contribution in [0.15, 0.2) is 117 Å². The fourth-order valence-electron chi connectivity index (χ4n) is 7.45. The Morgan fingerprint density at radius 3 is 1.26 bits per heavy atom. The Kier molecular flexibility index (Phi) is 7.50. The van der Waals surface area contributed by atoms with Gasteiger partial charge in [-0.2, -0.15) is 0 Å². The highest BCUT2D eigenvalue weighted by Gasteiger charge is 2.65. The van der Waals surface area contributed by atoms with E-state index in [9.17, 15) is 0 Å². The third-order valence-electron chi connectivity index (χ3n) is 9.72. The zero-order valence-corrected chi connectivity index (χ0v) is 28.0. The maximum Gasteiger partial charge on any atom is 0.183 e. The Hall–Kier alpha value is -1.77. The molecule has 0 amide bonds. The summed E-state index contributed by atoms with van der Waals surface area (Å²) in [6.45, 7) is 0. The van der Waals surface area contributed by atoms with Gasteiger partial charge in [0.25, 0.3) is 0 Å². The lowest BCUT2D eigenvalue weighted by atomic mass is 10.00. The summed E-state index contributed by atoms with van der Waals surface area (Å²) in [5, 5.41) is -0.0254. The number of sulfone groups is 1. The van der Waals surface area contributed by atoms with Crippen molar-refractivity contribution in [3.05, 3.63) is 119 Å². The van der Waals surface area contributed by atoms with E-state index in [0.717, 1.165) is 48.3 Å². The van der Waals surface area contributed by atoms with Gasteiger partial charge in [-0.1, -0.05) is 72.8 Å². The SMILES string of the molecule is O=S(=O)(C1(C2CCc3ccccc3S2)CCc2ccccc2S1)C1(C2CCc3ccccc3S2)CCc2ccccc2S1. The lowest BCUT2D eigenvalue weighted by Crippen LogP contribution is -2.59. The van der Waals surface area contributed by atoms with E-state index in [4.69, 9.17) is 0 Å². The fraction of sp³-hybridized carbons (Fsp3) is 0.333. The van der Waals surface area contributed by atoms with Crippen LogP contribution in [-0.4, -0.2) is 27.1 Å². The molecule has 0 aliphatic carbocycles. The standard InChI is InChI=1S/C36H34O2S5/c37-43(38,35(23-21-27-11-3-7-15-31(27)41-35)33-19-17-25-9-1-5-13-29(25)39-33)36(24-22-28-12-4-8-16-32(28)42-36)34-20-18-26-10-2-6-14-30(26)40-34/h1-16,33-34H,17-24H2. The van der Waals surface area contributed by atoms with Crippen molar-refractivity contribution >= 4 is 56.9 Å². The van der Waals surface area contributed by atoms with E-state index in [-0.39, 0.29) is 10.5 Å². The zero-order valence-electron chi connectivity index (χ0n) is 23.9. The predicted molar refractivity (Wildman–Crippen MR) is 184 cm³/mol. The number of hydrogen-bond donors (Lipinski definition) is 0. The molecule has 43 heavy (non-hydrogen) atoms. The quantitative estimate of drug-likeness (QED) is 0.217. The van der Waals surface area contributed by atoms with Crippen LogP contribution in [0.5, 0.6) is 0 Å². The molecule has 0 N–H and O–H groups in total. The summed E-state index contributed by atoms with van der Waals surface area (Å²) in [5.74, 6) is 0. The van der Waals surface area contributed by atoms with E-state index in [1.165, 1.54) is 32.0 Å². The smallest absolute Gasteiger partial charge is 0.183 e. The highest BCUT2D eigenvalue weighted by molar-refractivity contribution is 8.23. The van der Waals surface area contributed by atoms with E-state index in [1.54, 1.807) is 23.5 Å². The van der Waals surface area contributed by atoms with Gasteiger partial charge in [0, 0.05) is 30.1 Å². The number of thioether (sulfide) groups is 4.